The van der Waals surface area contributed by atoms with Crippen molar-refractivity contribution >= 4 is 44.8 Å². The van der Waals surface area contributed by atoms with Crippen LogP contribution in [-0.2, 0) is 10.0 Å². The number of benzene rings is 3. The highest BCUT2D eigenvalue weighted by Gasteiger charge is 2.17. The molecule has 0 atom stereocenters. The maximum Gasteiger partial charge on any atom is 0.240 e. The van der Waals surface area contributed by atoms with Crippen LogP contribution in [0.3, 0.4) is 0 Å². The Hall–Kier alpha value is -3.00. The number of nitrogens with one attached hydrogen (secondary N) is 2. The summed E-state index contributed by atoms with van der Waals surface area (Å²) in [5.74, 6) is 0.132. The van der Waals surface area contributed by atoms with Crippen molar-refractivity contribution in [3.8, 4) is 11.1 Å². The van der Waals surface area contributed by atoms with Crippen molar-refractivity contribution in [1.29, 1.82) is 0 Å². The number of H-pyrrole nitrogens is 1. The third-order valence-corrected chi connectivity index (χ3v) is 6.35. The fraction of sp³-hybridized carbons (Fsp3) is 0.0455. The Morgan fingerprint density at radius 3 is 2.63 bits per heavy atom. The first-order chi connectivity index (χ1) is 14.4. The number of imidazole rings is 1. The second kappa shape index (κ2) is 8.02. The van der Waals surface area contributed by atoms with Gasteiger partial charge in [0.25, 0.3) is 0 Å². The van der Waals surface area contributed by atoms with Gasteiger partial charge in [-0.3, -0.25) is 0 Å². The van der Waals surface area contributed by atoms with E-state index in [4.69, 9.17) is 11.6 Å². The van der Waals surface area contributed by atoms with E-state index in [1.165, 1.54) is 13.1 Å². The van der Waals surface area contributed by atoms with Crippen molar-refractivity contribution in [3.63, 3.8) is 0 Å². The average Bonchev–Trinajstić information content (AvgIpc) is 3.15. The van der Waals surface area contributed by atoms with Gasteiger partial charge in [0.15, 0.2) is 0 Å². The van der Waals surface area contributed by atoms with Crippen LogP contribution < -0.4 is 4.72 Å². The molecule has 8 heteroatoms. The van der Waals surface area contributed by atoms with Crippen molar-refractivity contribution in [2.45, 2.75) is 4.90 Å². The van der Waals surface area contributed by atoms with E-state index in [2.05, 4.69) is 14.7 Å². The van der Waals surface area contributed by atoms with Gasteiger partial charge in [0.05, 0.1) is 15.9 Å². The molecule has 0 aliphatic carbocycles. The zero-order valence-corrected chi connectivity index (χ0v) is 17.4. The summed E-state index contributed by atoms with van der Waals surface area (Å²) in [4.78, 5) is 7.84. The smallest absolute Gasteiger partial charge is 0.240 e. The van der Waals surface area contributed by atoms with Crippen LogP contribution in [0.5, 0.6) is 0 Å². The van der Waals surface area contributed by atoms with E-state index in [0.717, 1.165) is 11.1 Å². The highest BCUT2D eigenvalue weighted by Crippen LogP contribution is 2.29. The lowest BCUT2D eigenvalue weighted by atomic mass is 10.1. The number of sulfonamides is 1. The van der Waals surface area contributed by atoms with Crippen LogP contribution in [0.1, 0.15) is 11.4 Å². The summed E-state index contributed by atoms with van der Waals surface area (Å²) >= 11 is 5.78. The molecule has 0 amide bonds. The van der Waals surface area contributed by atoms with Gasteiger partial charge in [-0.05, 0) is 55.1 Å². The highest BCUT2D eigenvalue weighted by molar-refractivity contribution is 7.89. The summed E-state index contributed by atoms with van der Waals surface area (Å²) in [6.07, 6.45) is 3.28. The number of rotatable bonds is 5. The minimum atomic E-state index is -3.60. The molecule has 1 heterocycles. The second-order valence-corrected chi connectivity index (χ2v) is 8.85. The molecule has 152 valence electrons. The lowest BCUT2D eigenvalue weighted by molar-refractivity contribution is 0.588. The molecule has 1 aromatic heterocycles. The van der Waals surface area contributed by atoms with E-state index in [-0.39, 0.29) is 4.90 Å². The van der Waals surface area contributed by atoms with Gasteiger partial charge in [0.1, 0.15) is 11.6 Å². The first kappa shape index (κ1) is 20.3. The van der Waals surface area contributed by atoms with Crippen molar-refractivity contribution in [2.75, 3.05) is 7.05 Å². The fourth-order valence-corrected chi connectivity index (χ4v) is 4.24. The molecule has 5 nitrogen and oxygen atoms in total. The molecule has 0 aliphatic heterocycles. The van der Waals surface area contributed by atoms with Gasteiger partial charge in [0, 0.05) is 16.1 Å². The summed E-state index contributed by atoms with van der Waals surface area (Å²) in [6.45, 7) is 0. The molecule has 0 unspecified atom stereocenters. The maximum absolute atomic E-state index is 13.9. The third kappa shape index (κ3) is 4.00. The Morgan fingerprint density at radius 2 is 1.87 bits per heavy atom. The summed E-state index contributed by atoms with van der Waals surface area (Å²) < 4.78 is 41.0. The van der Waals surface area contributed by atoms with Crippen LogP contribution in [0.15, 0.2) is 65.6 Å². The minimum Gasteiger partial charge on any atom is -0.338 e. The standard InChI is InChI=1S/C22H17ClFN3O2S/c1-25-30(28,29)21-5-3-2-4-17(21)15-7-10-19-20(12-15)27-22(26-19)11-8-14-6-9-16(23)13-18(14)24/h2-13,25H,1H3,(H,26,27)/b11-8+. The van der Waals surface area contributed by atoms with Crippen molar-refractivity contribution < 1.29 is 12.8 Å². The van der Waals surface area contributed by atoms with E-state index >= 15 is 0 Å². The van der Waals surface area contributed by atoms with E-state index in [9.17, 15) is 12.8 Å². The van der Waals surface area contributed by atoms with E-state index in [0.29, 0.717) is 27.5 Å². The number of halogens is 2. The van der Waals surface area contributed by atoms with E-state index in [1.807, 2.05) is 18.2 Å². The molecular formula is C22H17ClFN3O2S. The van der Waals surface area contributed by atoms with Gasteiger partial charge in [-0.2, -0.15) is 0 Å². The molecular weight excluding hydrogens is 425 g/mol. The molecule has 2 N–H and O–H groups in total. The number of hydrogen-bond donors (Lipinski definition) is 2. The van der Waals surface area contributed by atoms with Crippen LogP contribution in [0.25, 0.3) is 34.3 Å². The predicted octanol–water partition coefficient (Wildman–Crippen LogP) is 5.10. The Morgan fingerprint density at radius 1 is 1.07 bits per heavy atom. The first-order valence-corrected chi connectivity index (χ1v) is 10.9. The summed E-state index contributed by atoms with van der Waals surface area (Å²) in [6, 6.07) is 16.7. The summed E-state index contributed by atoms with van der Waals surface area (Å²) in [5.41, 5.74) is 3.17. The van der Waals surface area contributed by atoms with Gasteiger partial charge in [-0.1, -0.05) is 41.9 Å². The second-order valence-electron chi connectivity index (χ2n) is 6.56. The minimum absolute atomic E-state index is 0.199. The lowest BCUT2D eigenvalue weighted by Crippen LogP contribution is -2.19. The van der Waals surface area contributed by atoms with Crippen molar-refractivity contribution in [1.82, 2.24) is 14.7 Å². The van der Waals surface area contributed by atoms with Gasteiger partial charge in [0.2, 0.25) is 10.0 Å². The molecule has 0 aliphatic rings. The molecule has 0 spiro atoms. The summed E-state index contributed by atoms with van der Waals surface area (Å²) in [5, 5.41) is 0.335. The topological polar surface area (TPSA) is 74.8 Å². The number of nitrogens with zero attached hydrogens (tertiary/aromatic N) is 1. The predicted molar refractivity (Wildman–Crippen MR) is 118 cm³/mol. The lowest BCUT2D eigenvalue weighted by Gasteiger charge is -2.09. The number of aromatic amines is 1. The molecule has 3 aromatic carbocycles. The summed E-state index contributed by atoms with van der Waals surface area (Å²) in [7, 11) is -2.22. The van der Waals surface area contributed by atoms with Crippen LogP contribution in [-0.4, -0.2) is 25.4 Å². The van der Waals surface area contributed by atoms with Crippen LogP contribution in [0.2, 0.25) is 5.02 Å². The van der Waals surface area contributed by atoms with E-state index < -0.39 is 15.8 Å². The molecule has 30 heavy (non-hydrogen) atoms. The molecule has 4 aromatic rings. The Kier molecular flexibility index (Phi) is 5.42. The fourth-order valence-electron chi connectivity index (χ4n) is 3.13. The zero-order valence-electron chi connectivity index (χ0n) is 15.9. The van der Waals surface area contributed by atoms with Gasteiger partial charge in [-0.15, -0.1) is 0 Å². The third-order valence-electron chi connectivity index (χ3n) is 4.64. The largest absolute Gasteiger partial charge is 0.338 e. The maximum atomic E-state index is 13.9. The number of aromatic nitrogens is 2. The monoisotopic (exact) mass is 441 g/mol. The van der Waals surface area contributed by atoms with Crippen LogP contribution >= 0.6 is 11.6 Å². The molecule has 0 bridgehead atoms. The highest BCUT2D eigenvalue weighted by atomic mass is 35.5. The first-order valence-electron chi connectivity index (χ1n) is 9.03. The Balaban J connectivity index is 1.71. The zero-order chi connectivity index (χ0) is 21.3. The molecule has 0 fully saturated rings. The number of fused-ring (bicyclic) bond motifs is 1. The van der Waals surface area contributed by atoms with Crippen molar-refractivity contribution in [2.24, 2.45) is 0 Å². The van der Waals surface area contributed by atoms with Gasteiger partial charge in [-0.25, -0.2) is 22.5 Å². The van der Waals surface area contributed by atoms with Crippen molar-refractivity contribution in [3.05, 3.63) is 82.9 Å². The normalized spacial score (nSPS) is 12.1. The van der Waals surface area contributed by atoms with E-state index in [1.54, 1.807) is 48.6 Å². The molecule has 0 saturated heterocycles. The SMILES string of the molecule is CNS(=O)(=O)c1ccccc1-c1ccc2nc(/C=C/c3ccc(Cl)cc3F)[nH]c2c1. The quantitative estimate of drug-likeness (QED) is 0.452. The molecule has 4 rings (SSSR count). The molecule has 0 radical (unpaired) electrons. The van der Waals surface area contributed by atoms with Gasteiger partial charge >= 0.3 is 0 Å². The van der Waals surface area contributed by atoms with Gasteiger partial charge < -0.3 is 4.98 Å². The van der Waals surface area contributed by atoms with Crippen LogP contribution in [0.4, 0.5) is 4.39 Å². The number of hydrogen-bond acceptors (Lipinski definition) is 3. The van der Waals surface area contributed by atoms with Crippen LogP contribution in [0, 0.1) is 5.82 Å². The molecule has 0 saturated carbocycles. The Labute approximate surface area is 178 Å². The average molecular weight is 442 g/mol. The Bertz CT molecular complexity index is 1380.